The van der Waals surface area contributed by atoms with Crippen molar-refractivity contribution in [2.45, 2.75) is 38.8 Å². The molecule has 0 atom stereocenters. The van der Waals surface area contributed by atoms with Crippen LogP contribution in [0.4, 0.5) is 0 Å². The number of nitrogens with one attached hydrogen (secondary N) is 1. The average Bonchev–Trinajstić information content (AvgIpc) is 2.75. The van der Waals surface area contributed by atoms with Gasteiger partial charge in [0, 0.05) is 27.3 Å². The van der Waals surface area contributed by atoms with Crippen LogP contribution in [0.2, 0.25) is 0 Å². The predicted octanol–water partition coefficient (Wildman–Crippen LogP) is 3.47. The molecule has 1 aliphatic heterocycles. The molecule has 0 unspecified atom stereocenters. The molecule has 1 aromatic rings. The third-order valence-electron chi connectivity index (χ3n) is 3.31. The molecule has 0 bridgehead atoms. The number of rotatable bonds is 5. The van der Waals surface area contributed by atoms with Crippen molar-refractivity contribution in [3.8, 4) is 0 Å². The molecule has 0 aromatic carbocycles. The van der Waals surface area contributed by atoms with Crippen LogP contribution in [0.1, 0.15) is 31.1 Å². The molecule has 1 fully saturated rings. The number of thiophene rings is 1. The minimum atomic E-state index is 0.712. The van der Waals surface area contributed by atoms with Gasteiger partial charge in [0.25, 0.3) is 0 Å². The van der Waals surface area contributed by atoms with Gasteiger partial charge in [-0.1, -0.05) is 6.92 Å². The molecule has 0 amide bonds. The Morgan fingerprint density at radius 1 is 1.47 bits per heavy atom. The smallest absolute Gasteiger partial charge is 0.0302 e. The molecule has 2 rings (SSSR count). The molecule has 2 nitrogen and oxygen atoms in total. The van der Waals surface area contributed by atoms with E-state index in [9.17, 15) is 0 Å². The molecule has 1 N–H and O–H groups in total. The summed E-state index contributed by atoms with van der Waals surface area (Å²) >= 11 is 5.33. The van der Waals surface area contributed by atoms with Gasteiger partial charge in [-0.25, -0.2) is 0 Å². The van der Waals surface area contributed by atoms with Gasteiger partial charge in [-0.15, -0.1) is 11.3 Å². The second-order valence-corrected chi connectivity index (χ2v) is 6.64. The first-order chi connectivity index (χ1) is 8.28. The van der Waals surface area contributed by atoms with Crippen LogP contribution >= 0.6 is 27.3 Å². The summed E-state index contributed by atoms with van der Waals surface area (Å²) in [7, 11) is 0. The third kappa shape index (κ3) is 4.36. The lowest BCUT2D eigenvalue weighted by atomic mass is 10.0. The Morgan fingerprint density at radius 2 is 2.24 bits per heavy atom. The van der Waals surface area contributed by atoms with E-state index in [1.807, 2.05) is 11.3 Å². The molecule has 1 saturated heterocycles. The zero-order valence-electron chi connectivity index (χ0n) is 10.4. The quantitative estimate of drug-likeness (QED) is 0.894. The maximum Gasteiger partial charge on any atom is 0.0302 e. The van der Waals surface area contributed by atoms with Crippen LogP contribution in [0.5, 0.6) is 0 Å². The molecule has 0 aliphatic carbocycles. The summed E-state index contributed by atoms with van der Waals surface area (Å²) in [6.07, 6.45) is 3.88. The van der Waals surface area contributed by atoms with Crippen molar-refractivity contribution in [2.24, 2.45) is 0 Å². The summed E-state index contributed by atoms with van der Waals surface area (Å²) < 4.78 is 1.21. The fourth-order valence-corrected chi connectivity index (χ4v) is 3.77. The van der Waals surface area contributed by atoms with Crippen molar-refractivity contribution < 1.29 is 0 Å². The first-order valence-corrected chi connectivity index (χ1v) is 8.14. The third-order valence-corrected chi connectivity index (χ3v) is 5.01. The first-order valence-electron chi connectivity index (χ1n) is 6.46. The number of halogens is 1. The largest absolute Gasteiger partial charge is 0.309 e. The van der Waals surface area contributed by atoms with Crippen molar-refractivity contribution in [3.63, 3.8) is 0 Å². The molecular formula is C13H21BrN2S. The van der Waals surface area contributed by atoms with Gasteiger partial charge in [-0.3, -0.25) is 0 Å². The highest BCUT2D eigenvalue weighted by Crippen LogP contribution is 2.20. The second-order valence-electron chi connectivity index (χ2n) is 4.73. The van der Waals surface area contributed by atoms with Crippen LogP contribution in [0.15, 0.2) is 15.9 Å². The van der Waals surface area contributed by atoms with Gasteiger partial charge in [0.05, 0.1) is 0 Å². The predicted molar refractivity (Wildman–Crippen MR) is 78.6 cm³/mol. The van der Waals surface area contributed by atoms with Crippen molar-refractivity contribution in [3.05, 3.63) is 20.8 Å². The number of piperidine rings is 1. The van der Waals surface area contributed by atoms with Gasteiger partial charge in [0.2, 0.25) is 0 Å². The summed E-state index contributed by atoms with van der Waals surface area (Å²) in [6, 6.07) is 2.92. The number of nitrogens with zero attached hydrogens (tertiary/aromatic N) is 1. The zero-order valence-corrected chi connectivity index (χ0v) is 12.8. The van der Waals surface area contributed by atoms with Crippen LogP contribution < -0.4 is 5.32 Å². The Bertz CT molecular complexity index is 332. The molecule has 0 saturated carbocycles. The number of hydrogen-bond donors (Lipinski definition) is 1. The maximum atomic E-state index is 3.68. The Morgan fingerprint density at radius 3 is 2.82 bits per heavy atom. The normalized spacial score (nSPS) is 18.7. The van der Waals surface area contributed by atoms with E-state index >= 15 is 0 Å². The maximum absolute atomic E-state index is 3.68. The van der Waals surface area contributed by atoms with Gasteiger partial charge < -0.3 is 10.2 Å². The van der Waals surface area contributed by atoms with E-state index in [0.717, 1.165) is 6.54 Å². The Labute approximate surface area is 117 Å². The zero-order chi connectivity index (χ0) is 12.1. The van der Waals surface area contributed by atoms with E-state index in [2.05, 4.69) is 44.5 Å². The molecule has 0 spiro atoms. The summed E-state index contributed by atoms with van der Waals surface area (Å²) in [6.45, 7) is 7.08. The summed E-state index contributed by atoms with van der Waals surface area (Å²) in [5, 5.41) is 5.83. The Hall–Kier alpha value is 0.1000. The topological polar surface area (TPSA) is 15.3 Å². The van der Waals surface area contributed by atoms with Crippen LogP contribution in [0, 0.1) is 0 Å². The molecular weight excluding hydrogens is 296 g/mol. The molecule has 4 heteroatoms. The van der Waals surface area contributed by atoms with Crippen molar-refractivity contribution in [2.75, 3.05) is 19.6 Å². The van der Waals surface area contributed by atoms with Crippen molar-refractivity contribution in [1.82, 2.24) is 10.2 Å². The van der Waals surface area contributed by atoms with Gasteiger partial charge in [-0.2, -0.15) is 0 Å². The van der Waals surface area contributed by atoms with Gasteiger partial charge in [-0.05, 0) is 60.9 Å². The number of hydrogen-bond acceptors (Lipinski definition) is 3. The van der Waals surface area contributed by atoms with Crippen molar-refractivity contribution in [1.29, 1.82) is 0 Å². The van der Waals surface area contributed by atoms with Crippen LogP contribution in [-0.4, -0.2) is 30.6 Å². The lowest BCUT2D eigenvalue weighted by Gasteiger charge is -2.32. The summed E-state index contributed by atoms with van der Waals surface area (Å²) in [5.74, 6) is 0. The Kier molecular flexibility index (Phi) is 5.48. The van der Waals surface area contributed by atoms with E-state index in [0.29, 0.717) is 6.04 Å². The highest BCUT2D eigenvalue weighted by molar-refractivity contribution is 9.10. The van der Waals surface area contributed by atoms with E-state index in [1.54, 1.807) is 0 Å². The molecule has 17 heavy (non-hydrogen) atoms. The SMILES string of the molecule is CCCN1CCC(NCc2cc(Br)cs2)CC1. The molecule has 96 valence electrons. The second kappa shape index (κ2) is 6.88. The first kappa shape index (κ1) is 13.5. The standard InChI is InChI=1S/C13H21BrN2S/c1-2-5-16-6-3-12(4-7-16)15-9-13-8-11(14)10-17-13/h8,10,12,15H,2-7,9H2,1H3. The van der Waals surface area contributed by atoms with Crippen LogP contribution in [0.25, 0.3) is 0 Å². The van der Waals surface area contributed by atoms with Crippen molar-refractivity contribution >= 4 is 27.3 Å². The molecule has 2 heterocycles. The molecule has 0 radical (unpaired) electrons. The van der Waals surface area contributed by atoms with E-state index in [1.165, 1.54) is 48.2 Å². The van der Waals surface area contributed by atoms with E-state index in [4.69, 9.17) is 0 Å². The lowest BCUT2D eigenvalue weighted by molar-refractivity contribution is 0.197. The lowest BCUT2D eigenvalue weighted by Crippen LogP contribution is -2.42. The summed E-state index contributed by atoms with van der Waals surface area (Å²) in [5.41, 5.74) is 0. The molecule has 1 aliphatic rings. The Balaban J connectivity index is 1.68. The van der Waals surface area contributed by atoms with E-state index < -0.39 is 0 Å². The van der Waals surface area contributed by atoms with Gasteiger partial charge in [0.15, 0.2) is 0 Å². The van der Waals surface area contributed by atoms with Crippen LogP contribution in [0.3, 0.4) is 0 Å². The summed E-state index contributed by atoms with van der Waals surface area (Å²) in [4.78, 5) is 4.01. The highest BCUT2D eigenvalue weighted by atomic mass is 79.9. The molecule has 1 aromatic heterocycles. The average molecular weight is 317 g/mol. The van der Waals surface area contributed by atoms with Gasteiger partial charge >= 0.3 is 0 Å². The fraction of sp³-hybridized carbons (Fsp3) is 0.692. The van der Waals surface area contributed by atoms with Gasteiger partial charge in [0.1, 0.15) is 0 Å². The fourth-order valence-electron chi connectivity index (χ4n) is 2.37. The minimum absolute atomic E-state index is 0.712. The van der Waals surface area contributed by atoms with E-state index in [-0.39, 0.29) is 0 Å². The monoisotopic (exact) mass is 316 g/mol. The number of likely N-dealkylation sites (tertiary alicyclic amines) is 1. The highest BCUT2D eigenvalue weighted by Gasteiger charge is 2.17. The van der Waals surface area contributed by atoms with Crippen LogP contribution in [-0.2, 0) is 6.54 Å². The minimum Gasteiger partial charge on any atom is -0.309 e.